The van der Waals surface area contributed by atoms with E-state index in [1.165, 1.54) is 0 Å². The number of carbonyl (C=O) groups excluding carboxylic acids is 1. The van der Waals surface area contributed by atoms with Gasteiger partial charge in [-0.25, -0.2) is 0 Å². The molecule has 6 heteroatoms. The minimum Gasteiger partial charge on any atom is -0.508 e. The Morgan fingerprint density at radius 3 is 2.35 bits per heavy atom. The Morgan fingerprint density at radius 1 is 1.35 bits per heavy atom. The zero-order valence-corrected chi connectivity index (χ0v) is 9.38. The molecule has 0 amide bonds. The van der Waals surface area contributed by atoms with Crippen molar-refractivity contribution in [2.45, 2.75) is 19.4 Å². The van der Waals surface area contributed by atoms with Crippen LogP contribution in [-0.2, 0) is 9.53 Å². The normalized spacial score (nSPS) is 12.1. The van der Waals surface area contributed by atoms with Crippen LogP contribution in [0.15, 0.2) is 12.1 Å². The van der Waals surface area contributed by atoms with E-state index in [-0.39, 0.29) is 35.8 Å². The van der Waals surface area contributed by atoms with Crippen LogP contribution in [0.2, 0.25) is 0 Å². The van der Waals surface area contributed by atoms with Crippen LogP contribution in [0, 0.1) is 0 Å². The van der Waals surface area contributed by atoms with Crippen LogP contribution in [0.5, 0.6) is 17.2 Å². The smallest absolute Gasteiger partial charge is 0.307 e. The number of benzene rings is 1. The molecule has 0 aliphatic rings. The maximum atomic E-state index is 11.2. The Morgan fingerprint density at radius 2 is 1.88 bits per heavy atom. The van der Waals surface area contributed by atoms with Crippen molar-refractivity contribution in [1.29, 1.82) is 0 Å². The summed E-state index contributed by atoms with van der Waals surface area (Å²) in [6.45, 7) is 1.90. The maximum Gasteiger partial charge on any atom is 0.307 e. The molecule has 0 spiro atoms. The molecular weight excluding hydrogens is 226 g/mol. The van der Waals surface area contributed by atoms with Crippen molar-refractivity contribution in [1.82, 2.24) is 0 Å². The van der Waals surface area contributed by atoms with Gasteiger partial charge in [-0.2, -0.15) is 0 Å². The molecule has 1 aromatic carbocycles. The lowest BCUT2D eigenvalue weighted by Crippen LogP contribution is -2.17. The van der Waals surface area contributed by atoms with Crippen LogP contribution < -0.4 is 5.73 Å². The summed E-state index contributed by atoms with van der Waals surface area (Å²) in [5.74, 6) is -1.53. The molecule has 0 saturated carbocycles. The Bertz CT molecular complexity index is 395. The van der Waals surface area contributed by atoms with Crippen molar-refractivity contribution in [2.24, 2.45) is 5.73 Å². The van der Waals surface area contributed by atoms with Crippen LogP contribution in [0.4, 0.5) is 0 Å². The molecule has 1 atom stereocenters. The van der Waals surface area contributed by atoms with Crippen molar-refractivity contribution in [3.05, 3.63) is 17.7 Å². The number of phenolic OH excluding ortho intramolecular Hbond substituents is 3. The Labute approximate surface area is 98.3 Å². The van der Waals surface area contributed by atoms with Gasteiger partial charge in [-0.1, -0.05) is 0 Å². The fraction of sp³-hybridized carbons (Fsp3) is 0.364. The average Bonchev–Trinajstić information content (AvgIpc) is 2.15. The Hall–Kier alpha value is -1.95. The first-order valence-electron chi connectivity index (χ1n) is 5.11. The molecule has 0 aliphatic heterocycles. The standard InChI is InChI=1S/C11H15NO5/c1-2-17-10(16)5-7(12)11-8(14)3-6(13)4-9(11)15/h3-4,7,13-15H,2,5,12H2,1H3/t7-/m0/s1. The molecule has 0 fully saturated rings. The molecule has 1 aromatic rings. The summed E-state index contributed by atoms with van der Waals surface area (Å²) in [7, 11) is 0. The highest BCUT2D eigenvalue weighted by Gasteiger charge is 2.20. The second kappa shape index (κ2) is 5.40. The van der Waals surface area contributed by atoms with E-state index >= 15 is 0 Å². The quantitative estimate of drug-likeness (QED) is 0.579. The predicted molar refractivity (Wildman–Crippen MR) is 59.6 cm³/mol. The molecule has 0 radical (unpaired) electrons. The third kappa shape index (κ3) is 3.25. The largest absolute Gasteiger partial charge is 0.508 e. The molecule has 1 rings (SSSR count). The topological polar surface area (TPSA) is 113 Å². The summed E-state index contributed by atoms with van der Waals surface area (Å²) in [5.41, 5.74) is 5.69. The molecule has 0 heterocycles. The van der Waals surface area contributed by atoms with Crippen LogP contribution in [0.3, 0.4) is 0 Å². The van der Waals surface area contributed by atoms with Gasteiger partial charge in [0.05, 0.1) is 18.6 Å². The van der Waals surface area contributed by atoms with E-state index in [9.17, 15) is 15.0 Å². The molecule has 0 saturated heterocycles. The number of aromatic hydroxyl groups is 3. The minimum absolute atomic E-state index is 0.0100. The summed E-state index contributed by atoms with van der Waals surface area (Å²) in [6, 6.07) is 1.19. The van der Waals surface area contributed by atoms with Gasteiger partial charge in [0.2, 0.25) is 0 Å². The lowest BCUT2D eigenvalue weighted by Gasteiger charge is -2.14. The number of rotatable bonds is 4. The third-order valence-corrected chi connectivity index (χ3v) is 2.18. The highest BCUT2D eigenvalue weighted by atomic mass is 16.5. The van der Waals surface area contributed by atoms with Crippen LogP contribution in [-0.4, -0.2) is 27.9 Å². The van der Waals surface area contributed by atoms with Crippen molar-refractivity contribution >= 4 is 5.97 Å². The molecule has 0 aromatic heterocycles. The predicted octanol–water partition coefficient (Wildman–Crippen LogP) is 0.756. The Balaban J connectivity index is 2.89. The van der Waals surface area contributed by atoms with Gasteiger partial charge in [-0.15, -0.1) is 0 Å². The minimum atomic E-state index is -0.894. The number of hydrogen-bond donors (Lipinski definition) is 4. The monoisotopic (exact) mass is 241 g/mol. The van der Waals surface area contributed by atoms with E-state index in [0.29, 0.717) is 0 Å². The molecule has 6 nitrogen and oxygen atoms in total. The molecule has 94 valence electrons. The first kappa shape index (κ1) is 13.1. The molecular formula is C11H15NO5. The highest BCUT2D eigenvalue weighted by Crippen LogP contribution is 2.36. The van der Waals surface area contributed by atoms with Gasteiger partial charge >= 0.3 is 5.97 Å². The second-order valence-electron chi connectivity index (χ2n) is 3.51. The summed E-state index contributed by atoms with van der Waals surface area (Å²) in [5, 5.41) is 28.2. The lowest BCUT2D eigenvalue weighted by atomic mass is 10.0. The van der Waals surface area contributed by atoms with Crippen LogP contribution in [0.25, 0.3) is 0 Å². The highest BCUT2D eigenvalue weighted by molar-refractivity contribution is 5.71. The van der Waals surface area contributed by atoms with E-state index in [1.807, 2.05) is 0 Å². The zero-order chi connectivity index (χ0) is 13.0. The first-order valence-corrected chi connectivity index (χ1v) is 5.11. The van der Waals surface area contributed by atoms with Gasteiger partial charge in [0.15, 0.2) is 0 Å². The number of esters is 1. The van der Waals surface area contributed by atoms with Gasteiger partial charge in [-0.3, -0.25) is 4.79 Å². The van der Waals surface area contributed by atoms with Gasteiger partial charge in [0.1, 0.15) is 17.2 Å². The maximum absolute atomic E-state index is 11.2. The molecule has 5 N–H and O–H groups in total. The van der Waals surface area contributed by atoms with Crippen LogP contribution in [0.1, 0.15) is 24.9 Å². The molecule has 0 aliphatic carbocycles. The fourth-order valence-corrected chi connectivity index (χ4v) is 1.49. The second-order valence-corrected chi connectivity index (χ2v) is 3.51. The molecule has 17 heavy (non-hydrogen) atoms. The van der Waals surface area contributed by atoms with Crippen molar-refractivity contribution in [3.63, 3.8) is 0 Å². The van der Waals surface area contributed by atoms with Gasteiger partial charge < -0.3 is 25.8 Å². The van der Waals surface area contributed by atoms with Gasteiger partial charge in [0, 0.05) is 18.2 Å². The Kier molecular flexibility index (Phi) is 4.17. The third-order valence-electron chi connectivity index (χ3n) is 2.18. The summed E-state index contributed by atoms with van der Waals surface area (Å²) >= 11 is 0. The number of phenols is 3. The number of hydrogen-bond acceptors (Lipinski definition) is 6. The number of ether oxygens (including phenoxy) is 1. The number of carbonyl (C=O) groups is 1. The summed E-state index contributed by atoms with van der Waals surface area (Å²) < 4.78 is 4.71. The fourth-order valence-electron chi connectivity index (χ4n) is 1.49. The van der Waals surface area contributed by atoms with E-state index in [4.69, 9.17) is 15.6 Å². The molecule has 0 bridgehead atoms. The van der Waals surface area contributed by atoms with E-state index in [2.05, 4.69) is 0 Å². The van der Waals surface area contributed by atoms with Crippen molar-refractivity contribution < 1.29 is 24.9 Å². The van der Waals surface area contributed by atoms with E-state index < -0.39 is 12.0 Å². The average molecular weight is 241 g/mol. The van der Waals surface area contributed by atoms with Gasteiger partial charge in [0.25, 0.3) is 0 Å². The lowest BCUT2D eigenvalue weighted by molar-refractivity contribution is -0.143. The number of nitrogens with two attached hydrogens (primary N) is 1. The SMILES string of the molecule is CCOC(=O)C[C@H](N)c1c(O)cc(O)cc1O. The first-order chi connectivity index (χ1) is 7.95. The summed E-state index contributed by atoms with van der Waals surface area (Å²) in [6.07, 6.45) is -0.167. The van der Waals surface area contributed by atoms with E-state index in [1.54, 1.807) is 6.92 Å². The van der Waals surface area contributed by atoms with E-state index in [0.717, 1.165) is 12.1 Å². The van der Waals surface area contributed by atoms with Crippen LogP contribution >= 0.6 is 0 Å². The van der Waals surface area contributed by atoms with Gasteiger partial charge in [-0.05, 0) is 6.92 Å². The summed E-state index contributed by atoms with van der Waals surface area (Å²) in [4.78, 5) is 11.2. The molecule has 0 unspecified atom stereocenters. The zero-order valence-electron chi connectivity index (χ0n) is 9.38. The van der Waals surface area contributed by atoms with Crippen molar-refractivity contribution in [3.8, 4) is 17.2 Å². The van der Waals surface area contributed by atoms with Crippen molar-refractivity contribution in [2.75, 3.05) is 6.61 Å².